The number of halogens is 2. The molecule has 0 aliphatic heterocycles. The van der Waals surface area contributed by atoms with Gasteiger partial charge in [-0.15, -0.1) is 0 Å². The summed E-state index contributed by atoms with van der Waals surface area (Å²) in [5.74, 6) is 0. The zero-order valence-corrected chi connectivity index (χ0v) is 12.6. The number of sulfone groups is 1. The number of hydrogen-bond acceptors (Lipinski definition) is 2. The van der Waals surface area contributed by atoms with Crippen molar-refractivity contribution in [1.82, 2.24) is 0 Å². The second kappa shape index (κ2) is 4.97. The van der Waals surface area contributed by atoms with Crippen LogP contribution in [0.5, 0.6) is 0 Å². The second-order valence-corrected chi connectivity index (χ2v) is 9.77. The number of hydrogen-bond donors (Lipinski definition) is 0. The summed E-state index contributed by atoms with van der Waals surface area (Å²) in [4.78, 5) is 0. The van der Waals surface area contributed by atoms with Gasteiger partial charge in [0.15, 0.2) is 9.84 Å². The molecule has 0 aromatic rings. The lowest BCUT2D eigenvalue weighted by Gasteiger charge is -2.44. The molecule has 0 amide bonds. The molecule has 4 atom stereocenters. The van der Waals surface area contributed by atoms with Gasteiger partial charge in [0.05, 0.1) is 9.49 Å². The number of rotatable bonds is 2. The molecule has 0 aromatic carbocycles. The van der Waals surface area contributed by atoms with Crippen molar-refractivity contribution in [3.8, 4) is 0 Å². The Kier molecular flexibility index (Phi) is 3.98. The molecule has 0 heterocycles. The van der Waals surface area contributed by atoms with E-state index in [-0.39, 0.29) is 12.8 Å². The fraction of sp³-hybridized carbons (Fsp3) is 1.00. The average Bonchev–Trinajstić information content (AvgIpc) is 2.27. The summed E-state index contributed by atoms with van der Waals surface area (Å²) in [5.41, 5.74) is 0. The van der Waals surface area contributed by atoms with Gasteiger partial charge in [0.25, 0.3) is 0 Å². The van der Waals surface area contributed by atoms with Crippen LogP contribution in [0.3, 0.4) is 0 Å². The first-order valence-electron chi connectivity index (χ1n) is 7.23. The van der Waals surface area contributed by atoms with Crippen molar-refractivity contribution in [2.24, 2.45) is 0 Å². The van der Waals surface area contributed by atoms with E-state index in [1.807, 2.05) is 0 Å². The third kappa shape index (κ3) is 2.55. The summed E-state index contributed by atoms with van der Waals surface area (Å²) in [5, 5.41) is 0. The van der Waals surface area contributed by atoms with Gasteiger partial charge >= 0.3 is 0 Å². The minimum atomic E-state index is -3.53. The molecule has 2 saturated carbocycles. The van der Waals surface area contributed by atoms with Crippen LogP contribution in [0, 0.1) is 0 Å². The van der Waals surface area contributed by atoms with Crippen LogP contribution in [0.1, 0.15) is 65.2 Å². The molecule has 0 N–H and O–H groups in total. The standard InChI is InChI=1S/C14H24F2O2S/c1-13(7-3-5-11(15)9-13)19(17,18)14(2)8-4-6-12(16)10-14/h11-12H,3-10H2,1-2H3. The molecule has 0 aromatic heterocycles. The van der Waals surface area contributed by atoms with E-state index in [2.05, 4.69) is 0 Å². The topological polar surface area (TPSA) is 34.1 Å². The minimum absolute atomic E-state index is 0.0713. The van der Waals surface area contributed by atoms with Gasteiger partial charge in [-0.05, 0) is 65.2 Å². The summed E-state index contributed by atoms with van der Waals surface area (Å²) in [6, 6.07) is 0. The van der Waals surface area contributed by atoms with E-state index < -0.39 is 31.7 Å². The fourth-order valence-corrected chi connectivity index (χ4v) is 6.64. The van der Waals surface area contributed by atoms with Crippen molar-refractivity contribution in [3.63, 3.8) is 0 Å². The quantitative estimate of drug-likeness (QED) is 0.777. The SMILES string of the molecule is CC1(S(=O)(=O)C2(C)CCCC(F)C2)CCCC(F)C1. The Bertz CT molecular complexity index is 403. The Balaban J connectivity index is 2.30. The van der Waals surface area contributed by atoms with Gasteiger partial charge in [0.2, 0.25) is 0 Å². The molecule has 2 aliphatic carbocycles. The Morgan fingerprint density at radius 2 is 1.26 bits per heavy atom. The van der Waals surface area contributed by atoms with Crippen molar-refractivity contribution in [1.29, 1.82) is 0 Å². The van der Waals surface area contributed by atoms with Gasteiger partial charge in [-0.1, -0.05) is 0 Å². The van der Waals surface area contributed by atoms with Gasteiger partial charge in [0, 0.05) is 0 Å². The van der Waals surface area contributed by atoms with E-state index in [0.29, 0.717) is 38.5 Å². The molecule has 0 spiro atoms. The van der Waals surface area contributed by atoms with Crippen molar-refractivity contribution in [2.75, 3.05) is 0 Å². The maximum Gasteiger partial charge on any atom is 0.161 e. The molecule has 0 bridgehead atoms. The lowest BCUT2D eigenvalue weighted by atomic mass is 9.87. The van der Waals surface area contributed by atoms with Crippen molar-refractivity contribution in [3.05, 3.63) is 0 Å². The molecule has 2 rings (SSSR count). The highest BCUT2D eigenvalue weighted by Gasteiger charge is 2.54. The third-order valence-electron chi connectivity index (χ3n) is 5.05. The lowest BCUT2D eigenvalue weighted by Crippen LogP contribution is -2.53. The van der Waals surface area contributed by atoms with E-state index in [1.165, 1.54) is 0 Å². The van der Waals surface area contributed by atoms with Gasteiger partial charge in [-0.3, -0.25) is 0 Å². The van der Waals surface area contributed by atoms with E-state index in [4.69, 9.17) is 0 Å². The largest absolute Gasteiger partial charge is 0.247 e. The van der Waals surface area contributed by atoms with E-state index >= 15 is 0 Å². The fourth-order valence-electron chi connectivity index (χ4n) is 3.82. The molecule has 0 radical (unpaired) electrons. The van der Waals surface area contributed by atoms with Crippen LogP contribution in [0.25, 0.3) is 0 Å². The normalized spacial score (nSPS) is 45.1. The Morgan fingerprint density at radius 3 is 1.58 bits per heavy atom. The van der Waals surface area contributed by atoms with Gasteiger partial charge < -0.3 is 0 Å². The zero-order valence-electron chi connectivity index (χ0n) is 11.8. The van der Waals surface area contributed by atoms with E-state index in [9.17, 15) is 17.2 Å². The molecule has 2 fully saturated rings. The third-order valence-corrected chi connectivity index (χ3v) is 8.39. The maximum atomic E-state index is 13.6. The van der Waals surface area contributed by atoms with Crippen molar-refractivity contribution >= 4 is 9.84 Å². The molecule has 2 aliphatic rings. The molecule has 2 nitrogen and oxygen atoms in total. The average molecular weight is 294 g/mol. The highest BCUT2D eigenvalue weighted by molar-refractivity contribution is 7.94. The smallest absolute Gasteiger partial charge is 0.161 e. The Labute approximate surface area is 114 Å². The zero-order chi connectivity index (χ0) is 14.3. The molecule has 4 unspecified atom stereocenters. The van der Waals surface area contributed by atoms with Crippen molar-refractivity contribution in [2.45, 2.75) is 87.1 Å². The van der Waals surface area contributed by atoms with Crippen LogP contribution < -0.4 is 0 Å². The molecular weight excluding hydrogens is 270 g/mol. The summed E-state index contributed by atoms with van der Waals surface area (Å²) in [7, 11) is -3.53. The van der Waals surface area contributed by atoms with E-state index in [1.54, 1.807) is 13.8 Å². The first-order chi connectivity index (χ1) is 8.70. The number of alkyl halides is 2. The Hall–Kier alpha value is -0.190. The molecule has 19 heavy (non-hydrogen) atoms. The summed E-state index contributed by atoms with van der Waals surface area (Å²) >= 11 is 0. The highest BCUT2D eigenvalue weighted by atomic mass is 32.2. The summed E-state index contributed by atoms with van der Waals surface area (Å²) < 4.78 is 51.1. The second-order valence-electron chi connectivity index (χ2n) is 6.79. The van der Waals surface area contributed by atoms with Gasteiger partial charge in [0.1, 0.15) is 12.3 Å². The first kappa shape index (κ1) is 15.2. The Morgan fingerprint density at radius 1 is 0.895 bits per heavy atom. The van der Waals surface area contributed by atoms with Crippen LogP contribution in [0.4, 0.5) is 8.78 Å². The van der Waals surface area contributed by atoms with Crippen LogP contribution in [-0.4, -0.2) is 30.3 Å². The molecular formula is C14H24F2O2S. The predicted molar refractivity (Wildman–Crippen MR) is 72.5 cm³/mol. The maximum absolute atomic E-state index is 13.6. The predicted octanol–water partition coefficient (Wildman–Crippen LogP) is 3.74. The van der Waals surface area contributed by atoms with Crippen LogP contribution in [0.2, 0.25) is 0 Å². The van der Waals surface area contributed by atoms with Gasteiger partial charge in [-0.2, -0.15) is 0 Å². The minimum Gasteiger partial charge on any atom is -0.247 e. The summed E-state index contributed by atoms with van der Waals surface area (Å²) in [6.45, 7) is 3.31. The highest BCUT2D eigenvalue weighted by Crippen LogP contribution is 2.46. The van der Waals surface area contributed by atoms with Gasteiger partial charge in [-0.25, -0.2) is 17.2 Å². The monoisotopic (exact) mass is 294 g/mol. The van der Waals surface area contributed by atoms with Crippen molar-refractivity contribution < 1.29 is 17.2 Å². The van der Waals surface area contributed by atoms with Crippen LogP contribution in [-0.2, 0) is 9.84 Å². The van der Waals surface area contributed by atoms with E-state index in [0.717, 1.165) is 0 Å². The van der Waals surface area contributed by atoms with Crippen LogP contribution in [0.15, 0.2) is 0 Å². The summed E-state index contributed by atoms with van der Waals surface area (Å²) in [6.07, 6.45) is 1.18. The first-order valence-corrected chi connectivity index (χ1v) is 8.71. The molecule has 5 heteroatoms. The lowest BCUT2D eigenvalue weighted by molar-refractivity contribution is 0.199. The molecule has 112 valence electrons. The molecule has 0 saturated heterocycles. The van der Waals surface area contributed by atoms with Crippen LogP contribution >= 0.6 is 0 Å².